The van der Waals surface area contributed by atoms with E-state index in [1.807, 2.05) is 13.8 Å². The van der Waals surface area contributed by atoms with Crippen molar-refractivity contribution in [2.75, 3.05) is 13.2 Å². The van der Waals surface area contributed by atoms with Crippen LogP contribution in [0.1, 0.15) is 42.9 Å². The first-order valence-corrected chi connectivity index (χ1v) is 7.22. The van der Waals surface area contributed by atoms with Crippen LogP contribution in [-0.4, -0.2) is 19.1 Å². The average Bonchev–Trinajstić information content (AvgIpc) is 3.01. The fourth-order valence-corrected chi connectivity index (χ4v) is 3.18. The van der Waals surface area contributed by atoms with E-state index in [0.717, 1.165) is 38.2 Å². The molecule has 0 radical (unpaired) electrons. The molecule has 3 rings (SSSR count). The van der Waals surface area contributed by atoms with Crippen molar-refractivity contribution in [1.29, 1.82) is 0 Å². The van der Waals surface area contributed by atoms with Crippen LogP contribution in [0.15, 0.2) is 12.1 Å². The van der Waals surface area contributed by atoms with E-state index >= 15 is 0 Å². The molecule has 1 atom stereocenters. The van der Waals surface area contributed by atoms with Crippen LogP contribution in [-0.2, 0) is 17.6 Å². The third-order valence-corrected chi connectivity index (χ3v) is 4.23. The molecular formula is C16H21NO2. The van der Waals surface area contributed by atoms with Crippen molar-refractivity contribution >= 4 is 5.91 Å². The Kier molecular flexibility index (Phi) is 3.21. The molecule has 1 amide bonds. The normalized spacial score (nSPS) is 20.1. The van der Waals surface area contributed by atoms with E-state index < -0.39 is 0 Å². The van der Waals surface area contributed by atoms with Crippen molar-refractivity contribution in [2.24, 2.45) is 5.92 Å². The van der Waals surface area contributed by atoms with Crippen molar-refractivity contribution in [3.05, 3.63) is 28.8 Å². The zero-order chi connectivity index (χ0) is 13.4. The predicted octanol–water partition coefficient (Wildman–Crippen LogP) is 2.42. The van der Waals surface area contributed by atoms with Gasteiger partial charge in [-0.05, 0) is 30.0 Å². The summed E-state index contributed by atoms with van der Waals surface area (Å²) in [6.45, 7) is 5.43. The first kappa shape index (κ1) is 12.5. The zero-order valence-electron chi connectivity index (χ0n) is 11.7. The number of nitrogens with one attached hydrogen (secondary N) is 1. The molecule has 1 aromatic rings. The van der Waals surface area contributed by atoms with Gasteiger partial charge in [-0.3, -0.25) is 4.79 Å². The van der Waals surface area contributed by atoms with Gasteiger partial charge in [0.25, 0.3) is 0 Å². The highest BCUT2D eigenvalue weighted by Crippen LogP contribution is 2.41. The summed E-state index contributed by atoms with van der Waals surface area (Å²) in [6.07, 6.45) is 3.29. The number of hydrogen-bond acceptors (Lipinski definition) is 2. The Morgan fingerprint density at radius 1 is 1.42 bits per heavy atom. The van der Waals surface area contributed by atoms with E-state index in [2.05, 4.69) is 17.4 Å². The molecule has 3 heteroatoms. The van der Waals surface area contributed by atoms with Gasteiger partial charge in [-0.25, -0.2) is 0 Å². The minimum absolute atomic E-state index is 0.0608. The number of carbonyl (C=O) groups is 1. The molecule has 0 unspecified atom stereocenters. The van der Waals surface area contributed by atoms with Crippen LogP contribution in [0.25, 0.3) is 0 Å². The standard InChI is InChI=1S/C16H21NO2/c1-10(2)16(18)17-9-12-4-3-11-5-6-14-13(15(11)12)7-8-19-14/h5-6,10,12H,3-4,7-9H2,1-2H3,(H,17,18)/t12-/m0/s1. The highest BCUT2D eigenvalue weighted by Gasteiger charge is 2.29. The molecule has 0 saturated heterocycles. The van der Waals surface area contributed by atoms with Crippen LogP contribution in [0.2, 0.25) is 0 Å². The van der Waals surface area contributed by atoms with Crippen molar-refractivity contribution in [3.63, 3.8) is 0 Å². The number of fused-ring (bicyclic) bond motifs is 3. The van der Waals surface area contributed by atoms with Gasteiger partial charge in [-0.1, -0.05) is 19.9 Å². The number of amides is 1. The highest BCUT2D eigenvalue weighted by molar-refractivity contribution is 5.77. The van der Waals surface area contributed by atoms with Crippen LogP contribution in [0, 0.1) is 5.92 Å². The summed E-state index contributed by atoms with van der Waals surface area (Å²) >= 11 is 0. The van der Waals surface area contributed by atoms with Crippen LogP contribution >= 0.6 is 0 Å². The molecule has 0 aromatic heterocycles. The summed E-state index contributed by atoms with van der Waals surface area (Å²) in [5, 5.41) is 3.08. The van der Waals surface area contributed by atoms with Gasteiger partial charge in [-0.2, -0.15) is 0 Å². The summed E-state index contributed by atoms with van der Waals surface area (Å²) in [5.74, 6) is 1.73. The third kappa shape index (κ3) is 2.22. The maximum atomic E-state index is 11.7. The lowest BCUT2D eigenvalue weighted by Crippen LogP contribution is -2.31. The topological polar surface area (TPSA) is 38.3 Å². The van der Waals surface area contributed by atoms with E-state index in [4.69, 9.17) is 4.74 Å². The predicted molar refractivity (Wildman–Crippen MR) is 74.6 cm³/mol. The number of ether oxygens (including phenoxy) is 1. The fourth-order valence-electron chi connectivity index (χ4n) is 3.18. The molecule has 2 aliphatic rings. The molecule has 1 aliphatic carbocycles. The van der Waals surface area contributed by atoms with E-state index in [1.54, 1.807) is 0 Å². The maximum absolute atomic E-state index is 11.7. The molecule has 0 spiro atoms. The van der Waals surface area contributed by atoms with E-state index in [9.17, 15) is 4.79 Å². The minimum atomic E-state index is 0.0608. The van der Waals surface area contributed by atoms with Gasteiger partial charge in [-0.15, -0.1) is 0 Å². The van der Waals surface area contributed by atoms with Gasteiger partial charge in [0.15, 0.2) is 0 Å². The molecule has 1 aliphatic heterocycles. The van der Waals surface area contributed by atoms with Crippen LogP contribution in [0.4, 0.5) is 0 Å². The second-order valence-corrected chi connectivity index (χ2v) is 5.85. The van der Waals surface area contributed by atoms with Crippen molar-refractivity contribution in [1.82, 2.24) is 5.32 Å². The molecule has 1 N–H and O–H groups in total. The minimum Gasteiger partial charge on any atom is -0.493 e. The second-order valence-electron chi connectivity index (χ2n) is 5.85. The molecule has 1 heterocycles. The van der Waals surface area contributed by atoms with E-state index in [0.29, 0.717) is 5.92 Å². The van der Waals surface area contributed by atoms with Gasteiger partial charge >= 0.3 is 0 Å². The largest absolute Gasteiger partial charge is 0.493 e. The van der Waals surface area contributed by atoms with Gasteiger partial charge in [0.2, 0.25) is 5.91 Å². The second kappa shape index (κ2) is 4.87. The van der Waals surface area contributed by atoms with Crippen molar-refractivity contribution in [3.8, 4) is 5.75 Å². The van der Waals surface area contributed by atoms with Crippen LogP contribution in [0.5, 0.6) is 5.75 Å². The Hall–Kier alpha value is -1.51. The van der Waals surface area contributed by atoms with Crippen LogP contribution in [0.3, 0.4) is 0 Å². The molecule has 19 heavy (non-hydrogen) atoms. The SMILES string of the molecule is CC(C)C(=O)NC[C@@H]1CCc2ccc3c(c21)CCO3. The molecule has 1 aromatic carbocycles. The van der Waals surface area contributed by atoms with Gasteiger partial charge in [0.1, 0.15) is 5.75 Å². The van der Waals surface area contributed by atoms with E-state index in [1.165, 1.54) is 16.7 Å². The zero-order valence-corrected chi connectivity index (χ0v) is 11.7. The van der Waals surface area contributed by atoms with Crippen LogP contribution < -0.4 is 10.1 Å². The Bertz CT molecular complexity index is 508. The lowest BCUT2D eigenvalue weighted by Gasteiger charge is -2.16. The number of carbonyl (C=O) groups excluding carboxylic acids is 1. The smallest absolute Gasteiger partial charge is 0.222 e. The molecule has 102 valence electrons. The summed E-state index contributed by atoms with van der Waals surface area (Å²) < 4.78 is 5.65. The van der Waals surface area contributed by atoms with Gasteiger partial charge in [0, 0.05) is 30.4 Å². The molecule has 0 saturated carbocycles. The quantitative estimate of drug-likeness (QED) is 0.905. The Morgan fingerprint density at radius 3 is 3.05 bits per heavy atom. The first-order chi connectivity index (χ1) is 9.16. The maximum Gasteiger partial charge on any atom is 0.222 e. The molecular weight excluding hydrogens is 238 g/mol. The molecule has 0 fully saturated rings. The van der Waals surface area contributed by atoms with E-state index in [-0.39, 0.29) is 11.8 Å². The highest BCUT2D eigenvalue weighted by atomic mass is 16.5. The summed E-state index contributed by atoms with van der Waals surface area (Å²) in [7, 11) is 0. The first-order valence-electron chi connectivity index (χ1n) is 7.22. The number of benzene rings is 1. The molecule has 3 nitrogen and oxygen atoms in total. The Morgan fingerprint density at radius 2 is 2.26 bits per heavy atom. The summed E-state index contributed by atoms with van der Waals surface area (Å²) in [5.41, 5.74) is 4.30. The fraction of sp³-hybridized carbons (Fsp3) is 0.562. The monoisotopic (exact) mass is 259 g/mol. The lowest BCUT2D eigenvalue weighted by atomic mass is 9.94. The number of aryl methyl sites for hydroxylation is 1. The van der Waals surface area contributed by atoms with Crippen molar-refractivity contribution in [2.45, 2.75) is 39.0 Å². The summed E-state index contributed by atoms with van der Waals surface area (Å²) in [4.78, 5) is 11.7. The molecule has 0 bridgehead atoms. The Labute approximate surface area is 114 Å². The summed E-state index contributed by atoms with van der Waals surface area (Å²) in [6, 6.07) is 4.31. The third-order valence-electron chi connectivity index (χ3n) is 4.23. The van der Waals surface area contributed by atoms with Crippen molar-refractivity contribution < 1.29 is 9.53 Å². The Balaban J connectivity index is 1.78. The number of rotatable bonds is 3. The van der Waals surface area contributed by atoms with Gasteiger partial charge in [0.05, 0.1) is 6.61 Å². The lowest BCUT2D eigenvalue weighted by molar-refractivity contribution is -0.124. The van der Waals surface area contributed by atoms with Gasteiger partial charge < -0.3 is 10.1 Å². The average molecular weight is 259 g/mol. The number of hydrogen-bond donors (Lipinski definition) is 1.